The number of hydrogen-bond donors (Lipinski definition) is 0. The van der Waals surface area contributed by atoms with Gasteiger partial charge in [0.15, 0.2) is 0 Å². The molecule has 0 bridgehead atoms. The van der Waals surface area contributed by atoms with Crippen LogP contribution in [0.5, 0.6) is 0 Å². The van der Waals surface area contributed by atoms with Crippen molar-refractivity contribution in [2.45, 2.75) is 155 Å². The molecule has 0 unspecified atom stereocenters. The minimum atomic E-state index is 1.29. The second-order valence-electron chi connectivity index (χ2n) is 9.37. The molecule has 0 rings (SSSR count). The molecule has 1 heteroatoms. The summed E-state index contributed by atoms with van der Waals surface area (Å²) in [5.74, 6) is 0. The van der Waals surface area contributed by atoms with Crippen LogP contribution < -0.4 is 0 Å². The van der Waals surface area contributed by atoms with E-state index < -0.39 is 0 Å². The Morgan fingerprint density at radius 3 is 0.893 bits per heavy atom. The molecule has 0 saturated heterocycles. The highest BCUT2D eigenvalue weighted by atomic mass is 15.1. The van der Waals surface area contributed by atoms with Crippen LogP contribution >= 0.6 is 0 Å². The normalized spacial score (nSPS) is 11.6. The first-order chi connectivity index (χ1) is 13.8. The minimum absolute atomic E-state index is 1.29. The molecule has 0 aliphatic heterocycles. The van der Waals surface area contributed by atoms with Crippen LogP contribution in [0, 0.1) is 0 Å². The Kier molecular flexibility index (Phi) is 25.0. The van der Waals surface area contributed by atoms with Crippen LogP contribution in [0.2, 0.25) is 0 Å². The first-order valence-corrected chi connectivity index (χ1v) is 13.5. The van der Waals surface area contributed by atoms with Crippen LogP contribution in [0.1, 0.15) is 155 Å². The molecular weight excluding hydrogens is 338 g/mol. The second kappa shape index (κ2) is 25.0. The van der Waals surface area contributed by atoms with Crippen molar-refractivity contribution in [1.29, 1.82) is 0 Å². The molecule has 0 aliphatic carbocycles. The molecule has 0 heterocycles. The van der Waals surface area contributed by atoms with Crippen LogP contribution in [-0.4, -0.2) is 25.0 Å². The SMILES string of the molecule is CCCCCCCCCCCCCCCCCCCCCCN(C)CCCC. The van der Waals surface area contributed by atoms with Gasteiger partial charge < -0.3 is 4.90 Å². The van der Waals surface area contributed by atoms with E-state index in [0.29, 0.717) is 0 Å². The fourth-order valence-electron chi connectivity index (χ4n) is 4.18. The number of nitrogens with zero attached hydrogens (tertiary/aromatic N) is 1. The second-order valence-corrected chi connectivity index (χ2v) is 9.37. The maximum Gasteiger partial charge on any atom is -0.00218 e. The summed E-state index contributed by atoms with van der Waals surface area (Å²) < 4.78 is 0. The number of hydrogen-bond acceptors (Lipinski definition) is 1. The van der Waals surface area contributed by atoms with Crippen molar-refractivity contribution >= 4 is 0 Å². The van der Waals surface area contributed by atoms with Crippen molar-refractivity contribution in [3.63, 3.8) is 0 Å². The van der Waals surface area contributed by atoms with Crippen LogP contribution in [0.3, 0.4) is 0 Å². The van der Waals surface area contributed by atoms with Crippen LogP contribution in [0.4, 0.5) is 0 Å². The van der Waals surface area contributed by atoms with E-state index in [2.05, 4.69) is 25.8 Å². The number of unbranched alkanes of at least 4 members (excludes halogenated alkanes) is 20. The Morgan fingerprint density at radius 2 is 0.571 bits per heavy atom. The molecule has 0 aliphatic rings. The average molecular weight is 396 g/mol. The lowest BCUT2D eigenvalue weighted by molar-refractivity contribution is 0.318. The van der Waals surface area contributed by atoms with Crippen LogP contribution in [0.15, 0.2) is 0 Å². The predicted octanol–water partition coefficient (Wildman–Crippen LogP) is 9.54. The summed E-state index contributed by atoms with van der Waals surface area (Å²) in [6.45, 7) is 7.18. The fraction of sp³-hybridized carbons (Fsp3) is 1.00. The van der Waals surface area contributed by atoms with Crippen molar-refractivity contribution in [3.05, 3.63) is 0 Å². The molecular formula is C27H57N. The highest BCUT2D eigenvalue weighted by molar-refractivity contribution is 4.54. The van der Waals surface area contributed by atoms with Crippen molar-refractivity contribution in [3.8, 4) is 0 Å². The van der Waals surface area contributed by atoms with E-state index in [-0.39, 0.29) is 0 Å². The third-order valence-electron chi connectivity index (χ3n) is 6.29. The molecule has 0 radical (unpaired) electrons. The van der Waals surface area contributed by atoms with Gasteiger partial charge in [-0.2, -0.15) is 0 Å². The number of rotatable bonds is 24. The predicted molar refractivity (Wildman–Crippen MR) is 130 cm³/mol. The molecule has 28 heavy (non-hydrogen) atoms. The topological polar surface area (TPSA) is 3.24 Å². The average Bonchev–Trinajstić information content (AvgIpc) is 2.70. The van der Waals surface area contributed by atoms with Crippen LogP contribution in [0.25, 0.3) is 0 Å². The third-order valence-corrected chi connectivity index (χ3v) is 6.29. The van der Waals surface area contributed by atoms with Gasteiger partial charge in [-0.25, -0.2) is 0 Å². The molecule has 0 spiro atoms. The van der Waals surface area contributed by atoms with Crippen molar-refractivity contribution in [2.75, 3.05) is 20.1 Å². The molecule has 0 saturated carbocycles. The summed E-state index contributed by atoms with van der Waals surface area (Å²) in [6.07, 6.45) is 32.0. The van der Waals surface area contributed by atoms with Gasteiger partial charge in [0.25, 0.3) is 0 Å². The smallest absolute Gasteiger partial charge is 0.00218 e. The van der Waals surface area contributed by atoms with Gasteiger partial charge in [0.05, 0.1) is 0 Å². The Labute approximate surface area is 180 Å². The fourth-order valence-corrected chi connectivity index (χ4v) is 4.18. The van der Waals surface area contributed by atoms with Gasteiger partial charge in [-0.3, -0.25) is 0 Å². The zero-order valence-corrected chi connectivity index (χ0v) is 20.4. The zero-order valence-electron chi connectivity index (χ0n) is 20.4. The summed E-state index contributed by atoms with van der Waals surface area (Å²) in [5.41, 5.74) is 0. The lowest BCUT2D eigenvalue weighted by Crippen LogP contribution is -2.20. The molecule has 0 N–H and O–H groups in total. The maximum atomic E-state index is 2.51. The van der Waals surface area contributed by atoms with E-state index in [1.807, 2.05) is 0 Å². The largest absolute Gasteiger partial charge is 0.306 e. The van der Waals surface area contributed by atoms with Gasteiger partial charge in [0, 0.05) is 0 Å². The summed E-state index contributed by atoms with van der Waals surface area (Å²) in [6, 6.07) is 0. The van der Waals surface area contributed by atoms with E-state index in [9.17, 15) is 0 Å². The van der Waals surface area contributed by atoms with E-state index in [1.54, 1.807) is 0 Å². The van der Waals surface area contributed by atoms with Gasteiger partial charge in [-0.05, 0) is 33.0 Å². The van der Waals surface area contributed by atoms with Crippen molar-refractivity contribution in [1.82, 2.24) is 4.90 Å². The van der Waals surface area contributed by atoms with Gasteiger partial charge in [0.2, 0.25) is 0 Å². The zero-order chi connectivity index (χ0) is 20.5. The summed E-state index contributed by atoms with van der Waals surface area (Å²) in [5, 5.41) is 0. The minimum Gasteiger partial charge on any atom is -0.306 e. The summed E-state index contributed by atoms with van der Waals surface area (Å²) >= 11 is 0. The Morgan fingerprint density at radius 1 is 0.321 bits per heavy atom. The first-order valence-electron chi connectivity index (χ1n) is 13.5. The van der Waals surface area contributed by atoms with Crippen LogP contribution in [-0.2, 0) is 0 Å². The molecule has 170 valence electrons. The van der Waals surface area contributed by atoms with E-state index in [1.165, 1.54) is 154 Å². The van der Waals surface area contributed by atoms with Crippen molar-refractivity contribution < 1.29 is 0 Å². The Balaban J connectivity index is 3.03. The summed E-state index contributed by atoms with van der Waals surface area (Å²) in [4.78, 5) is 2.51. The summed E-state index contributed by atoms with van der Waals surface area (Å²) in [7, 11) is 2.28. The van der Waals surface area contributed by atoms with E-state index >= 15 is 0 Å². The Bertz CT molecular complexity index is 263. The molecule has 0 aromatic heterocycles. The van der Waals surface area contributed by atoms with Gasteiger partial charge in [-0.15, -0.1) is 0 Å². The highest BCUT2D eigenvalue weighted by Gasteiger charge is 1.98. The maximum absolute atomic E-state index is 2.51. The Hall–Kier alpha value is -0.0400. The monoisotopic (exact) mass is 395 g/mol. The van der Waals surface area contributed by atoms with Gasteiger partial charge in [0.1, 0.15) is 0 Å². The molecule has 0 atom stereocenters. The lowest BCUT2D eigenvalue weighted by Gasteiger charge is -2.15. The molecule has 0 amide bonds. The molecule has 0 fully saturated rings. The van der Waals surface area contributed by atoms with Gasteiger partial charge in [-0.1, -0.05) is 142 Å². The third kappa shape index (κ3) is 24.0. The highest BCUT2D eigenvalue weighted by Crippen LogP contribution is 2.14. The van der Waals surface area contributed by atoms with Crippen molar-refractivity contribution in [2.24, 2.45) is 0 Å². The molecule has 0 aromatic rings. The lowest BCUT2D eigenvalue weighted by atomic mass is 10.0. The standard InChI is InChI=1S/C27H57N/c1-4-6-8-9-10-11-12-13-14-15-16-17-18-19-20-21-22-23-24-25-27-28(3)26-7-5-2/h4-27H2,1-3H3. The quantitative estimate of drug-likeness (QED) is 0.147. The molecule has 0 aromatic carbocycles. The van der Waals surface area contributed by atoms with E-state index in [4.69, 9.17) is 0 Å². The van der Waals surface area contributed by atoms with E-state index in [0.717, 1.165) is 0 Å². The first kappa shape index (κ1) is 28.0. The van der Waals surface area contributed by atoms with Gasteiger partial charge >= 0.3 is 0 Å². The molecule has 1 nitrogen and oxygen atoms in total.